The van der Waals surface area contributed by atoms with E-state index in [9.17, 15) is 9.59 Å². The summed E-state index contributed by atoms with van der Waals surface area (Å²) in [6.45, 7) is -5.28. The van der Waals surface area contributed by atoms with Crippen LogP contribution in [0.3, 0.4) is 0 Å². The zero-order valence-corrected chi connectivity index (χ0v) is 13.3. The van der Waals surface area contributed by atoms with Crippen LogP contribution in [0.25, 0.3) is 0 Å². The van der Waals surface area contributed by atoms with Gasteiger partial charge in [0.1, 0.15) is 5.75 Å². The van der Waals surface area contributed by atoms with Gasteiger partial charge in [0.05, 0.1) is 12.7 Å². The molecule has 0 unspecified atom stereocenters. The molecule has 1 rings (SSSR count). The normalized spacial score (nSPS) is 14.9. The molecular formula is C14H20BrN3O3. The second-order valence-electron chi connectivity index (χ2n) is 4.11. The van der Waals surface area contributed by atoms with Crippen LogP contribution in [0.15, 0.2) is 16.6 Å². The van der Waals surface area contributed by atoms with E-state index in [1.807, 2.05) is 0 Å². The van der Waals surface area contributed by atoms with Gasteiger partial charge in [-0.1, -0.05) is 0 Å². The van der Waals surface area contributed by atoms with Crippen molar-refractivity contribution in [1.29, 1.82) is 0 Å². The SMILES string of the molecule is [2H]C([2H])([2H])C([2H])([2H])N(CCNC(=O)c1cc(Br)c(N)cc1OC)C(C)=O. The summed E-state index contributed by atoms with van der Waals surface area (Å²) < 4.78 is 42.7. The lowest BCUT2D eigenvalue weighted by atomic mass is 10.1. The Morgan fingerprint density at radius 1 is 1.57 bits per heavy atom. The molecule has 0 heterocycles. The Morgan fingerprint density at radius 2 is 2.29 bits per heavy atom. The predicted molar refractivity (Wildman–Crippen MR) is 85.4 cm³/mol. The third kappa shape index (κ3) is 4.63. The zero-order valence-electron chi connectivity index (χ0n) is 16.7. The number of likely N-dealkylation sites (N-methyl/N-ethyl adjacent to an activating group) is 1. The Hall–Kier alpha value is -1.76. The van der Waals surface area contributed by atoms with Gasteiger partial charge in [0.25, 0.3) is 5.91 Å². The van der Waals surface area contributed by atoms with E-state index >= 15 is 0 Å². The molecule has 3 N–H and O–H groups in total. The van der Waals surface area contributed by atoms with Gasteiger partial charge in [0, 0.05) is 49.6 Å². The molecule has 116 valence electrons. The second-order valence-corrected chi connectivity index (χ2v) is 4.97. The minimum atomic E-state index is -3.02. The fraction of sp³-hybridized carbons (Fsp3) is 0.429. The number of halogens is 1. The lowest BCUT2D eigenvalue weighted by Crippen LogP contribution is -2.37. The summed E-state index contributed by atoms with van der Waals surface area (Å²) in [7, 11) is 1.38. The standard InChI is InChI=1S/C14H20BrN3O3/c1-4-18(9(2)19)6-5-17-14(20)10-7-11(15)12(16)8-13(10)21-3/h7-8H,4-6,16H2,1-3H3,(H,17,20)/i1D3,4D2. The molecule has 7 heteroatoms. The maximum atomic E-state index is 12.3. The number of rotatable bonds is 6. The molecule has 1 aromatic rings. The number of methoxy groups -OCH3 is 1. The van der Waals surface area contributed by atoms with Gasteiger partial charge in [-0.05, 0) is 28.8 Å². The second kappa shape index (κ2) is 7.87. The summed E-state index contributed by atoms with van der Waals surface area (Å²) in [5.41, 5.74) is 6.29. The quantitative estimate of drug-likeness (QED) is 0.753. The Morgan fingerprint density at radius 3 is 2.86 bits per heavy atom. The topological polar surface area (TPSA) is 84.7 Å². The smallest absolute Gasteiger partial charge is 0.255 e. The highest BCUT2D eigenvalue weighted by molar-refractivity contribution is 9.10. The first-order chi connectivity index (χ1) is 11.8. The number of carbonyl (C=O) groups is 2. The third-order valence-electron chi connectivity index (χ3n) is 2.70. The largest absolute Gasteiger partial charge is 0.496 e. The lowest BCUT2D eigenvalue weighted by molar-refractivity contribution is -0.128. The number of anilines is 1. The summed E-state index contributed by atoms with van der Waals surface area (Å²) in [6, 6.07) is 2.93. The molecule has 0 spiro atoms. The first kappa shape index (κ1) is 10.9. The maximum Gasteiger partial charge on any atom is 0.255 e. The molecule has 1 aromatic carbocycles. The number of nitrogens with zero attached hydrogens (tertiary/aromatic N) is 1. The molecule has 0 saturated carbocycles. The van der Waals surface area contributed by atoms with E-state index in [0.29, 0.717) is 15.1 Å². The van der Waals surface area contributed by atoms with Crippen molar-refractivity contribution in [1.82, 2.24) is 10.2 Å². The van der Waals surface area contributed by atoms with Crippen LogP contribution in [-0.4, -0.2) is 43.4 Å². The van der Waals surface area contributed by atoms with Crippen LogP contribution in [0.4, 0.5) is 5.69 Å². The molecule has 2 amide bonds. The monoisotopic (exact) mass is 362 g/mol. The van der Waals surface area contributed by atoms with E-state index < -0.39 is 25.2 Å². The third-order valence-corrected chi connectivity index (χ3v) is 3.39. The van der Waals surface area contributed by atoms with Crippen LogP contribution in [0.2, 0.25) is 0 Å². The highest BCUT2D eigenvalue weighted by atomic mass is 79.9. The fourth-order valence-electron chi connectivity index (χ4n) is 1.58. The first-order valence-electron chi connectivity index (χ1n) is 8.52. The minimum absolute atomic E-state index is 0.154. The summed E-state index contributed by atoms with van der Waals surface area (Å²) in [5.74, 6) is -1.06. The van der Waals surface area contributed by atoms with E-state index in [-0.39, 0.29) is 24.4 Å². The van der Waals surface area contributed by atoms with Gasteiger partial charge in [0.15, 0.2) is 0 Å². The summed E-state index contributed by atoms with van der Waals surface area (Å²) in [4.78, 5) is 24.5. The van der Waals surface area contributed by atoms with Gasteiger partial charge in [-0.3, -0.25) is 9.59 Å². The van der Waals surface area contributed by atoms with Gasteiger partial charge >= 0.3 is 0 Å². The Labute approximate surface area is 139 Å². The van der Waals surface area contributed by atoms with Crippen molar-refractivity contribution in [3.8, 4) is 5.75 Å². The molecule has 0 saturated heterocycles. The number of nitrogens with two attached hydrogens (primary N) is 1. The molecular weight excluding hydrogens is 338 g/mol. The first-order valence-corrected chi connectivity index (χ1v) is 6.81. The van der Waals surface area contributed by atoms with Gasteiger partial charge < -0.3 is 20.7 Å². The molecule has 0 bridgehead atoms. The Kier molecular flexibility index (Phi) is 4.08. The molecule has 0 aliphatic rings. The molecule has 0 aromatic heterocycles. The van der Waals surface area contributed by atoms with Crippen molar-refractivity contribution < 1.29 is 21.2 Å². The van der Waals surface area contributed by atoms with Crippen LogP contribution in [-0.2, 0) is 4.79 Å². The fourth-order valence-corrected chi connectivity index (χ4v) is 1.93. The van der Waals surface area contributed by atoms with Gasteiger partial charge in [-0.15, -0.1) is 0 Å². The van der Waals surface area contributed by atoms with E-state index in [0.717, 1.165) is 6.92 Å². The summed E-state index contributed by atoms with van der Waals surface area (Å²) >= 11 is 3.21. The Balaban J connectivity index is 2.88. The average molecular weight is 363 g/mol. The number of ether oxygens (including phenoxy) is 1. The maximum absolute atomic E-state index is 12.3. The molecule has 0 aliphatic carbocycles. The lowest BCUT2D eigenvalue weighted by Gasteiger charge is -2.19. The van der Waals surface area contributed by atoms with Crippen molar-refractivity contribution in [2.75, 3.05) is 32.4 Å². The number of carbonyl (C=O) groups excluding carboxylic acids is 2. The molecule has 0 aliphatic heterocycles. The number of hydrogen-bond donors (Lipinski definition) is 2. The number of amides is 2. The molecule has 21 heavy (non-hydrogen) atoms. The number of hydrogen-bond acceptors (Lipinski definition) is 4. The zero-order chi connectivity index (χ0) is 20.3. The summed E-state index contributed by atoms with van der Waals surface area (Å²) in [5, 5.41) is 2.50. The number of nitrogens with one attached hydrogen (secondary N) is 1. The predicted octanol–water partition coefficient (Wildman–Crippen LogP) is 1.64. The van der Waals surface area contributed by atoms with E-state index in [4.69, 9.17) is 17.3 Å². The van der Waals surface area contributed by atoms with E-state index in [1.165, 1.54) is 19.2 Å². The van der Waals surface area contributed by atoms with Crippen molar-refractivity contribution in [2.45, 2.75) is 13.8 Å². The van der Waals surface area contributed by atoms with Crippen molar-refractivity contribution >= 4 is 33.4 Å². The van der Waals surface area contributed by atoms with Crippen LogP contribution in [0.1, 0.15) is 31.0 Å². The molecule has 0 atom stereocenters. The van der Waals surface area contributed by atoms with Crippen LogP contribution in [0.5, 0.6) is 5.75 Å². The van der Waals surface area contributed by atoms with Crippen molar-refractivity contribution in [2.24, 2.45) is 0 Å². The highest BCUT2D eigenvalue weighted by Crippen LogP contribution is 2.28. The van der Waals surface area contributed by atoms with E-state index in [2.05, 4.69) is 21.2 Å². The van der Waals surface area contributed by atoms with Crippen LogP contribution in [0, 0.1) is 0 Å². The number of nitrogen functional groups attached to an aromatic ring is 1. The Bertz CT molecular complexity index is 697. The van der Waals surface area contributed by atoms with E-state index in [1.54, 1.807) is 0 Å². The van der Waals surface area contributed by atoms with Crippen LogP contribution >= 0.6 is 15.9 Å². The molecule has 6 nitrogen and oxygen atoms in total. The summed E-state index contributed by atoms with van der Waals surface area (Å²) in [6.07, 6.45) is 0. The van der Waals surface area contributed by atoms with Gasteiger partial charge in [-0.25, -0.2) is 0 Å². The van der Waals surface area contributed by atoms with Gasteiger partial charge in [-0.2, -0.15) is 0 Å². The average Bonchev–Trinajstić information content (AvgIpc) is 2.51. The highest BCUT2D eigenvalue weighted by Gasteiger charge is 2.15. The van der Waals surface area contributed by atoms with Crippen LogP contribution < -0.4 is 15.8 Å². The molecule has 0 radical (unpaired) electrons. The van der Waals surface area contributed by atoms with Gasteiger partial charge in [0.2, 0.25) is 5.91 Å². The van der Waals surface area contributed by atoms with Crippen molar-refractivity contribution in [3.63, 3.8) is 0 Å². The number of benzene rings is 1. The molecule has 0 fully saturated rings. The minimum Gasteiger partial charge on any atom is -0.496 e. The van der Waals surface area contributed by atoms with Crippen molar-refractivity contribution in [3.05, 3.63) is 22.2 Å².